The number of nitriles is 1. The van der Waals surface area contributed by atoms with Crippen LogP contribution in [0.3, 0.4) is 0 Å². The van der Waals surface area contributed by atoms with E-state index in [2.05, 4.69) is 5.32 Å². The maximum absolute atomic E-state index is 11.9. The van der Waals surface area contributed by atoms with Gasteiger partial charge < -0.3 is 20.1 Å². The van der Waals surface area contributed by atoms with Gasteiger partial charge in [0, 0.05) is 6.54 Å². The molecule has 0 aliphatic carbocycles. The van der Waals surface area contributed by atoms with Gasteiger partial charge >= 0.3 is 12.0 Å². The van der Waals surface area contributed by atoms with E-state index in [4.69, 9.17) is 15.1 Å². The minimum atomic E-state index is -1.07. The number of urea groups is 1. The Hall–Kier alpha value is -1.81. The summed E-state index contributed by atoms with van der Waals surface area (Å²) in [7, 11) is 0. The predicted molar refractivity (Wildman–Crippen MR) is 61.7 cm³/mol. The lowest BCUT2D eigenvalue weighted by Gasteiger charge is -2.31. The first-order valence-electron chi connectivity index (χ1n) is 5.75. The molecule has 100 valence electrons. The van der Waals surface area contributed by atoms with Gasteiger partial charge in [-0.1, -0.05) is 13.8 Å². The molecule has 2 amide bonds. The Bertz CT molecular complexity index is 364. The molecular weight excluding hydrogens is 238 g/mol. The summed E-state index contributed by atoms with van der Waals surface area (Å²) in [6.45, 7) is 4.24. The van der Waals surface area contributed by atoms with Crippen LogP contribution in [0, 0.1) is 17.2 Å². The molecule has 1 rings (SSSR count). The fourth-order valence-electron chi connectivity index (χ4n) is 1.65. The predicted octanol–water partition coefficient (Wildman–Crippen LogP) is 0.0296. The molecular formula is C11H17N3O4. The molecule has 7 nitrogen and oxygen atoms in total. The van der Waals surface area contributed by atoms with E-state index in [0.717, 1.165) is 0 Å². The summed E-state index contributed by atoms with van der Waals surface area (Å²) in [6, 6.07) is 0.525. The van der Waals surface area contributed by atoms with E-state index in [9.17, 15) is 9.59 Å². The number of hydrogen-bond donors (Lipinski definition) is 2. The highest BCUT2D eigenvalue weighted by molar-refractivity contribution is 5.82. The van der Waals surface area contributed by atoms with Crippen LogP contribution in [0.15, 0.2) is 0 Å². The van der Waals surface area contributed by atoms with Gasteiger partial charge in [0.15, 0.2) is 6.10 Å². The highest BCUT2D eigenvalue weighted by atomic mass is 16.5. The first-order valence-corrected chi connectivity index (χ1v) is 5.75. The molecule has 7 heteroatoms. The van der Waals surface area contributed by atoms with Crippen molar-refractivity contribution in [3.63, 3.8) is 0 Å². The summed E-state index contributed by atoms with van der Waals surface area (Å²) in [4.78, 5) is 24.2. The molecule has 0 bridgehead atoms. The molecule has 1 unspecified atom stereocenters. The molecule has 18 heavy (non-hydrogen) atoms. The van der Waals surface area contributed by atoms with E-state index in [1.165, 1.54) is 4.90 Å². The van der Waals surface area contributed by atoms with Gasteiger partial charge in [0.1, 0.15) is 6.04 Å². The zero-order valence-electron chi connectivity index (χ0n) is 10.4. The first kappa shape index (κ1) is 14.3. The van der Waals surface area contributed by atoms with Gasteiger partial charge in [-0.25, -0.2) is 9.59 Å². The smallest absolute Gasteiger partial charge is 0.326 e. The number of carboxylic acid groups (broad SMARTS) is 1. The molecule has 2 atom stereocenters. The van der Waals surface area contributed by atoms with Crippen molar-refractivity contribution in [1.82, 2.24) is 10.2 Å². The maximum Gasteiger partial charge on any atom is 0.326 e. The third-order valence-corrected chi connectivity index (χ3v) is 2.71. The maximum atomic E-state index is 11.9. The highest BCUT2D eigenvalue weighted by Gasteiger charge is 2.29. The number of carboxylic acids is 1. The number of nitrogens with one attached hydrogen (secondary N) is 1. The van der Waals surface area contributed by atoms with Crippen LogP contribution in [0.25, 0.3) is 0 Å². The number of carbonyl (C=O) groups excluding carboxylic acids is 1. The Kier molecular flexibility index (Phi) is 4.92. The van der Waals surface area contributed by atoms with Crippen LogP contribution in [-0.4, -0.2) is 53.8 Å². The van der Waals surface area contributed by atoms with Crippen molar-refractivity contribution in [3.05, 3.63) is 0 Å². The number of amides is 2. The molecule has 0 aromatic rings. The second kappa shape index (κ2) is 6.21. The zero-order valence-corrected chi connectivity index (χ0v) is 10.4. The van der Waals surface area contributed by atoms with Gasteiger partial charge in [-0.2, -0.15) is 5.26 Å². The van der Waals surface area contributed by atoms with Crippen molar-refractivity contribution < 1.29 is 19.4 Å². The zero-order chi connectivity index (χ0) is 13.7. The lowest BCUT2D eigenvalue weighted by atomic mass is 10.1. The topological polar surface area (TPSA) is 103 Å². The minimum absolute atomic E-state index is 0.159. The summed E-state index contributed by atoms with van der Waals surface area (Å²) in [5.74, 6) is -1.28. The molecule has 1 saturated heterocycles. The van der Waals surface area contributed by atoms with Crippen LogP contribution < -0.4 is 5.32 Å². The van der Waals surface area contributed by atoms with Gasteiger partial charge in [-0.05, 0) is 5.92 Å². The Morgan fingerprint density at radius 1 is 1.56 bits per heavy atom. The van der Waals surface area contributed by atoms with Gasteiger partial charge in [0.25, 0.3) is 0 Å². The second-order valence-corrected chi connectivity index (χ2v) is 4.44. The van der Waals surface area contributed by atoms with Crippen LogP contribution in [0.2, 0.25) is 0 Å². The minimum Gasteiger partial charge on any atom is -0.480 e. The highest BCUT2D eigenvalue weighted by Crippen LogP contribution is 2.07. The SMILES string of the molecule is CC(C)[C@@H](NC(=O)N1CCOC(C#N)C1)C(=O)O. The fourth-order valence-corrected chi connectivity index (χ4v) is 1.65. The number of ether oxygens (including phenoxy) is 1. The van der Waals surface area contributed by atoms with E-state index in [0.29, 0.717) is 6.54 Å². The Balaban J connectivity index is 2.59. The van der Waals surface area contributed by atoms with Gasteiger partial charge in [-0.15, -0.1) is 0 Å². The van der Waals surface area contributed by atoms with Crippen LogP contribution >= 0.6 is 0 Å². The summed E-state index contributed by atoms with van der Waals surface area (Å²) in [5.41, 5.74) is 0. The molecule has 0 aromatic heterocycles. The second-order valence-electron chi connectivity index (χ2n) is 4.44. The van der Waals surface area contributed by atoms with Crippen LogP contribution in [0.4, 0.5) is 4.79 Å². The molecule has 1 aliphatic rings. The van der Waals surface area contributed by atoms with Crippen LogP contribution in [0.1, 0.15) is 13.8 Å². The van der Waals surface area contributed by atoms with Crippen molar-refractivity contribution >= 4 is 12.0 Å². The Morgan fingerprint density at radius 2 is 2.22 bits per heavy atom. The average Bonchev–Trinajstić information content (AvgIpc) is 2.34. The number of rotatable bonds is 3. The summed E-state index contributed by atoms with van der Waals surface area (Å²) in [6.07, 6.45) is -0.646. The molecule has 1 aliphatic heterocycles. The molecule has 0 spiro atoms. The van der Waals surface area contributed by atoms with Crippen molar-refractivity contribution in [3.8, 4) is 6.07 Å². The van der Waals surface area contributed by atoms with Gasteiger partial charge in [-0.3, -0.25) is 0 Å². The standard InChI is InChI=1S/C11H17N3O4/c1-7(2)9(10(15)16)13-11(17)14-3-4-18-8(5-12)6-14/h7-9H,3-4,6H2,1-2H3,(H,13,17)(H,15,16)/t8?,9-/m1/s1. The first-order chi connectivity index (χ1) is 8.45. The van der Waals surface area contributed by atoms with Crippen molar-refractivity contribution in [2.75, 3.05) is 19.7 Å². The number of aliphatic carboxylic acids is 1. The lowest BCUT2D eigenvalue weighted by molar-refractivity contribution is -0.140. The largest absolute Gasteiger partial charge is 0.480 e. The van der Waals surface area contributed by atoms with Crippen LogP contribution in [0.5, 0.6) is 0 Å². The normalized spacial score (nSPS) is 21.2. The number of nitrogens with zero attached hydrogens (tertiary/aromatic N) is 2. The summed E-state index contributed by atoms with van der Waals surface area (Å²) in [5, 5.41) is 20.2. The van der Waals surface area contributed by atoms with Gasteiger partial charge in [0.05, 0.1) is 19.2 Å². The number of hydrogen-bond acceptors (Lipinski definition) is 4. The van der Waals surface area contributed by atoms with Crippen molar-refractivity contribution in [1.29, 1.82) is 5.26 Å². The summed E-state index contributed by atoms with van der Waals surface area (Å²) < 4.78 is 5.11. The molecule has 0 saturated carbocycles. The number of morpholine rings is 1. The molecule has 0 aromatic carbocycles. The average molecular weight is 255 g/mol. The van der Waals surface area contributed by atoms with E-state index in [-0.39, 0.29) is 19.1 Å². The fraction of sp³-hybridized carbons (Fsp3) is 0.727. The van der Waals surface area contributed by atoms with Gasteiger partial charge in [0.2, 0.25) is 0 Å². The van der Waals surface area contributed by atoms with E-state index >= 15 is 0 Å². The van der Waals surface area contributed by atoms with Crippen LogP contribution in [-0.2, 0) is 9.53 Å². The van der Waals surface area contributed by atoms with E-state index in [1.54, 1.807) is 13.8 Å². The Labute approximate surface area is 105 Å². The Morgan fingerprint density at radius 3 is 2.72 bits per heavy atom. The monoisotopic (exact) mass is 255 g/mol. The molecule has 1 heterocycles. The molecule has 0 radical (unpaired) electrons. The molecule has 1 fully saturated rings. The quantitative estimate of drug-likeness (QED) is 0.740. The third-order valence-electron chi connectivity index (χ3n) is 2.71. The van der Waals surface area contributed by atoms with Crippen molar-refractivity contribution in [2.24, 2.45) is 5.92 Å². The molecule has 2 N–H and O–H groups in total. The van der Waals surface area contributed by atoms with Crippen molar-refractivity contribution in [2.45, 2.75) is 26.0 Å². The number of carbonyl (C=O) groups is 2. The van der Waals surface area contributed by atoms with E-state index in [1.807, 2.05) is 6.07 Å². The van der Waals surface area contributed by atoms with E-state index < -0.39 is 24.1 Å². The summed E-state index contributed by atoms with van der Waals surface area (Å²) >= 11 is 0. The lowest BCUT2D eigenvalue weighted by Crippen LogP contribution is -2.54. The third kappa shape index (κ3) is 3.60.